The number of anilines is 2. The van der Waals surface area contributed by atoms with E-state index in [2.05, 4.69) is 40.3 Å². The molecule has 0 bridgehead atoms. The normalized spacial score (nSPS) is 10.9. The fraction of sp³-hybridized carbons (Fsp3) is 0.0476. The lowest BCUT2D eigenvalue weighted by molar-refractivity contribution is 1.22. The van der Waals surface area contributed by atoms with Crippen molar-refractivity contribution in [2.24, 2.45) is 0 Å². The van der Waals surface area contributed by atoms with Gasteiger partial charge < -0.3 is 5.32 Å². The number of nitrogens with one attached hydrogen (secondary N) is 1. The maximum absolute atomic E-state index is 6.36. The van der Waals surface area contributed by atoms with E-state index < -0.39 is 0 Å². The van der Waals surface area contributed by atoms with Crippen LogP contribution in [0.25, 0.3) is 22.3 Å². The summed E-state index contributed by atoms with van der Waals surface area (Å²) in [5, 5.41) is 5.02. The van der Waals surface area contributed by atoms with Gasteiger partial charge in [-0.1, -0.05) is 41.9 Å². The van der Waals surface area contributed by atoms with E-state index in [1.165, 1.54) is 5.56 Å². The first-order valence-electron chi connectivity index (χ1n) is 8.17. The second-order valence-electron chi connectivity index (χ2n) is 6.00. The summed E-state index contributed by atoms with van der Waals surface area (Å²) < 4.78 is 0.986. The van der Waals surface area contributed by atoms with Crippen LogP contribution in [0.4, 0.5) is 11.5 Å². The van der Waals surface area contributed by atoms with Crippen molar-refractivity contribution < 1.29 is 0 Å². The van der Waals surface area contributed by atoms with Crippen molar-refractivity contribution >= 4 is 49.9 Å². The zero-order valence-electron chi connectivity index (χ0n) is 14.0. The molecule has 128 valence electrons. The number of hydrogen-bond acceptors (Lipinski definition) is 3. The average molecular weight is 425 g/mol. The highest BCUT2D eigenvalue weighted by Crippen LogP contribution is 2.32. The van der Waals surface area contributed by atoms with Crippen molar-refractivity contribution in [1.29, 1.82) is 0 Å². The Bertz CT molecular complexity index is 1110. The van der Waals surface area contributed by atoms with E-state index in [0.717, 1.165) is 32.4 Å². The molecule has 0 aliphatic rings. The summed E-state index contributed by atoms with van der Waals surface area (Å²) in [6.07, 6.45) is 0. The minimum atomic E-state index is 0.597. The van der Waals surface area contributed by atoms with Gasteiger partial charge in [0.1, 0.15) is 5.82 Å². The Balaban J connectivity index is 1.89. The Morgan fingerprint density at radius 1 is 0.923 bits per heavy atom. The molecule has 26 heavy (non-hydrogen) atoms. The fourth-order valence-electron chi connectivity index (χ4n) is 2.78. The van der Waals surface area contributed by atoms with Crippen LogP contribution >= 0.6 is 27.5 Å². The molecule has 0 atom stereocenters. The van der Waals surface area contributed by atoms with Crippen LogP contribution < -0.4 is 5.32 Å². The molecule has 0 unspecified atom stereocenters. The molecule has 0 fully saturated rings. The van der Waals surface area contributed by atoms with Gasteiger partial charge in [0, 0.05) is 15.4 Å². The highest BCUT2D eigenvalue weighted by atomic mass is 79.9. The largest absolute Gasteiger partial charge is 0.339 e. The fourth-order valence-corrected chi connectivity index (χ4v) is 3.60. The molecule has 3 nitrogen and oxygen atoms in total. The lowest BCUT2D eigenvalue weighted by Gasteiger charge is -2.13. The quantitative estimate of drug-likeness (QED) is 0.394. The molecule has 1 N–H and O–H groups in total. The van der Waals surface area contributed by atoms with Crippen LogP contribution in [0.15, 0.2) is 71.2 Å². The Morgan fingerprint density at radius 3 is 2.50 bits per heavy atom. The van der Waals surface area contributed by atoms with Crippen LogP contribution in [0.5, 0.6) is 0 Å². The molecule has 1 aromatic heterocycles. The second-order valence-corrected chi connectivity index (χ2v) is 7.26. The van der Waals surface area contributed by atoms with Crippen LogP contribution in [0.2, 0.25) is 5.02 Å². The van der Waals surface area contributed by atoms with Gasteiger partial charge in [-0.05, 0) is 64.8 Å². The Morgan fingerprint density at radius 2 is 1.69 bits per heavy atom. The molecule has 0 spiro atoms. The minimum Gasteiger partial charge on any atom is -0.339 e. The molecule has 0 saturated heterocycles. The van der Waals surface area contributed by atoms with E-state index in [-0.39, 0.29) is 0 Å². The van der Waals surface area contributed by atoms with Gasteiger partial charge in [0.25, 0.3) is 0 Å². The van der Waals surface area contributed by atoms with Crippen molar-refractivity contribution in [1.82, 2.24) is 9.97 Å². The third kappa shape index (κ3) is 3.30. The Kier molecular flexibility index (Phi) is 4.62. The number of halogens is 2. The SMILES string of the molecule is Cc1ccc(Nc2nc(-c3ccccc3Cl)nc3ccccc23)c(Br)c1. The standard InChI is InChI=1S/C21H15BrClN3/c1-13-10-11-19(16(22)12-13)25-21-15-7-3-5-9-18(15)24-20(26-21)14-6-2-4-8-17(14)23/h2-12H,1H3,(H,24,25,26). The second kappa shape index (κ2) is 7.06. The van der Waals surface area contributed by atoms with Gasteiger partial charge in [-0.2, -0.15) is 0 Å². The van der Waals surface area contributed by atoms with Gasteiger partial charge in [0.05, 0.1) is 16.2 Å². The number of para-hydroxylation sites is 1. The van der Waals surface area contributed by atoms with E-state index in [4.69, 9.17) is 21.6 Å². The summed E-state index contributed by atoms with van der Waals surface area (Å²) >= 11 is 9.97. The number of rotatable bonds is 3. The molecule has 0 amide bonds. The Hall–Kier alpha value is -2.43. The third-order valence-corrected chi connectivity index (χ3v) is 5.08. The summed E-state index contributed by atoms with van der Waals surface area (Å²) in [5.41, 5.74) is 3.81. The molecule has 4 rings (SSSR count). The molecule has 3 aromatic carbocycles. The summed E-state index contributed by atoms with van der Waals surface area (Å²) in [5.74, 6) is 1.34. The predicted molar refractivity (Wildman–Crippen MR) is 112 cm³/mol. The summed E-state index contributed by atoms with van der Waals surface area (Å²) in [6.45, 7) is 2.06. The monoisotopic (exact) mass is 423 g/mol. The molecule has 0 aliphatic carbocycles. The summed E-state index contributed by atoms with van der Waals surface area (Å²) in [6, 6.07) is 21.7. The first kappa shape index (κ1) is 17.0. The zero-order chi connectivity index (χ0) is 18.1. The summed E-state index contributed by atoms with van der Waals surface area (Å²) in [4.78, 5) is 9.46. The van der Waals surface area contributed by atoms with Crippen LogP contribution in [-0.2, 0) is 0 Å². The van der Waals surface area contributed by atoms with Crippen LogP contribution in [-0.4, -0.2) is 9.97 Å². The zero-order valence-corrected chi connectivity index (χ0v) is 16.3. The molecular formula is C21H15BrClN3. The molecule has 4 aromatic rings. The van der Waals surface area contributed by atoms with Crippen LogP contribution in [0.3, 0.4) is 0 Å². The third-order valence-electron chi connectivity index (χ3n) is 4.10. The van der Waals surface area contributed by atoms with E-state index in [9.17, 15) is 0 Å². The van der Waals surface area contributed by atoms with E-state index in [1.807, 2.05) is 54.6 Å². The van der Waals surface area contributed by atoms with Crippen molar-refractivity contribution in [3.8, 4) is 11.4 Å². The minimum absolute atomic E-state index is 0.597. The van der Waals surface area contributed by atoms with Gasteiger partial charge in [-0.25, -0.2) is 9.97 Å². The lowest BCUT2D eigenvalue weighted by atomic mass is 10.1. The molecule has 1 heterocycles. The maximum Gasteiger partial charge on any atom is 0.163 e. The number of hydrogen-bond donors (Lipinski definition) is 1. The van der Waals surface area contributed by atoms with Crippen LogP contribution in [0, 0.1) is 6.92 Å². The van der Waals surface area contributed by atoms with Gasteiger partial charge >= 0.3 is 0 Å². The first-order valence-corrected chi connectivity index (χ1v) is 9.34. The van der Waals surface area contributed by atoms with Gasteiger partial charge in [-0.3, -0.25) is 0 Å². The van der Waals surface area contributed by atoms with E-state index >= 15 is 0 Å². The van der Waals surface area contributed by atoms with Crippen molar-refractivity contribution in [2.45, 2.75) is 6.92 Å². The molecule has 0 saturated carbocycles. The first-order chi connectivity index (χ1) is 12.6. The predicted octanol–water partition coefficient (Wildman–Crippen LogP) is 6.76. The van der Waals surface area contributed by atoms with Crippen LogP contribution in [0.1, 0.15) is 5.56 Å². The molecule has 0 aliphatic heterocycles. The maximum atomic E-state index is 6.36. The summed E-state index contributed by atoms with van der Waals surface area (Å²) in [7, 11) is 0. The van der Waals surface area contributed by atoms with Gasteiger partial charge in [0.15, 0.2) is 5.82 Å². The lowest BCUT2D eigenvalue weighted by Crippen LogP contribution is -2.00. The van der Waals surface area contributed by atoms with Crippen molar-refractivity contribution in [3.63, 3.8) is 0 Å². The molecule has 0 radical (unpaired) electrons. The molecule has 5 heteroatoms. The number of nitrogens with zero attached hydrogens (tertiary/aromatic N) is 2. The number of aryl methyl sites for hydroxylation is 1. The topological polar surface area (TPSA) is 37.8 Å². The average Bonchev–Trinajstić information content (AvgIpc) is 2.64. The highest BCUT2D eigenvalue weighted by Gasteiger charge is 2.12. The number of benzene rings is 3. The Labute approximate surface area is 165 Å². The highest BCUT2D eigenvalue weighted by molar-refractivity contribution is 9.10. The van der Waals surface area contributed by atoms with E-state index in [1.54, 1.807) is 0 Å². The molecular weight excluding hydrogens is 410 g/mol. The van der Waals surface area contributed by atoms with Crippen molar-refractivity contribution in [2.75, 3.05) is 5.32 Å². The van der Waals surface area contributed by atoms with Crippen molar-refractivity contribution in [3.05, 3.63) is 81.8 Å². The van der Waals surface area contributed by atoms with Gasteiger partial charge in [0.2, 0.25) is 0 Å². The number of aromatic nitrogens is 2. The van der Waals surface area contributed by atoms with E-state index in [0.29, 0.717) is 10.8 Å². The number of fused-ring (bicyclic) bond motifs is 1. The smallest absolute Gasteiger partial charge is 0.163 e. The van der Waals surface area contributed by atoms with Gasteiger partial charge in [-0.15, -0.1) is 0 Å².